The Labute approximate surface area is 115 Å². The van der Waals surface area contributed by atoms with Crippen molar-refractivity contribution in [2.45, 2.75) is 64.5 Å². The van der Waals surface area contributed by atoms with Crippen LogP contribution in [0.4, 0.5) is 0 Å². The average molecular weight is 267 g/mol. The van der Waals surface area contributed by atoms with E-state index < -0.39 is 0 Å². The molecule has 0 bridgehead atoms. The predicted molar refractivity (Wildman–Crippen MR) is 72.8 cm³/mol. The minimum Gasteiger partial charge on any atom is -0.395 e. The van der Waals surface area contributed by atoms with Gasteiger partial charge in [0, 0.05) is 18.5 Å². The van der Waals surface area contributed by atoms with Gasteiger partial charge in [0.15, 0.2) is 5.82 Å². The van der Waals surface area contributed by atoms with Gasteiger partial charge in [-0.2, -0.15) is 4.98 Å². The van der Waals surface area contributed by atoms with E-state index >= 15 is 0 Å². The summed E-state index contributed by atoms with van der Waals surface area (Å²) >= 11 is 0. The van der Waals surface area contributed by atoms with Crippen molar-refractivity contribution in [1.29, 1.82) is 0 Å². The smallest absolute Gasteiger partial charge is 0.240 e. The number of hydrogen-bond donors (Lipinski definition) is 1. The van der Waals surface area contributed by atoms with Gasteiger partial charge < -0.3 is 9.63 Å². The van der Waals surface area contributed by atoms with Gasteiger partial charge >= 0.3 is 0 Å². The predicted octanol–water partition coefficient (Wildman–Crippen LogP) is 2.32. The number of rotatable bonds is 6. The van der Waals surface area contributed by atoms with Crippen molar-refractivity contribution < 1.29 is 9.63 Å². The summed E-state index contributed by atoms with van der Waals surface area (Å²) in [6.45, 7) is 5.64. The maximum absolute atomic E-state index is 9.23. The maximum Gasteiger partial charge on any atom is 0.240 e. The van der Waals surface area contributed by atoms with E-state index in [1.165, 1.54) is 32.1 Å². The standard InChI is InChI=1S/C14H25N3O2/c1-11(2)14-15-13(19-16-14)10-17(8-9-18)12-6-4-3-5-7-12/h11-12,18H,3-10H2,1-2H3. The summed E-state index contributed by atoms with van der Waals surface area (Å²) in [5, 5.41) is 13.2. The maximum atomic E-state index is 9.23. The minimum atomic E-state index is 0.182. The first-order valence-corrected chi connectivity index (χ1v) is 7.38. The molecule has 5 heteroatoms. The molecule has 1 aromatic heterocycles. The van der Waals surface area contributed by atoms with Crippen LogP contribution in [0.5, 0.6) is 0 Å². The Morgan fingerprint density at radius 1 is 1.32 bits per heavy atom. The number of nitrogens with zero attached hydrogens (tertiary/aromatic N) is 3. The topological polar surface area (TPSA) is 62.4 Å². The van der Waals surface area contributed by atoms with Crippen LogP contribution in [0, 0.1) is 0 Å². The van der Waals surface area contributed by atoms with E-state index in [4.69, 9.17) is 4.52 Å². The number of aliphatic hydroxyl groups excluding tert-OH is 1. The van der Waals surface area contributed by atoms with E-state index in [9.17, 15) is 5.11 Å². The SMILES string of the molecule is CC(C)c1noc(CN(CCO)C2CCCCC2)n1. The molecule has 1 saturated carbocycles. The van der Waals surface area contributed by atoms with Crippen LogP contribution < -0.4 is 0 Å². The molecule has 1 aromatic rings. The van der Waals surface area contributed by atoms with E-state index in [2.05, 4.69) is 28.9 Å². The zero-order chi connectivity index (χ0) is 13.7. The molecule has 1 heterocycles. The highest BCUT2D eigenvalue weighted by Crippen LogP contribution is 2.23. The van der Waals surface area contributed by atoms with Crippen molar-refractivity contribution in [3.05, 3.63) is 11.7 Å². The molecule has 0 atom stereocenters. The van der Waals surface area contributed by atoms with Gasteiger partial charge in [0.1, 0.15) is 0 Å². The van der Waals surface area contributed by atoms with Gasteiger partial charge in [-0.3, -0.25) is 4.90 Å². The molecule has 19 heavy (non-hydrogen) atoms. The fourth-order valence-corrected chi connectivity index (χ4v) is 2.71. The van der Waals surface area contributed by atoms with Crippen molar-refractivity contribution in [3.63, 3.8) is 0 Å². The molecule has 108 valence electrons. The van der Waals surface area contributed by atoms with Crippen LogP contribution in [0.2, 0.25) is 0 Å². The van der Waals surface area contributed by atoms with Crippen LogP contribution in [-0.4, -0.2) is 39.3 Å². The monoisotopic (exact) mass is 267 g/mol. The highest BCUT2D eigenvalue weighted by molar-refractivity contribution is 4.92. The van der Waals surface area contributed by atoms with E-state index in [1.54, 1.807) is 0 Å². The summed E-state index contributed by atoms with van der Waals surface area (Å²) in [4.78, 5) is 6.71. The summed E-state index contributed by atoms with van der Waals surface area (Å²) in [6, 6.07) is 0.551. The second-order valence-corrected chi connectivity index (χ2v) is 5.69. The third-order valence-corrected chi connectivity index (χ3v) is 3.82. The third-order valence-electron chi connectivity index (χ3n) is 3.82. The molecule has 1 N–H and O–H groups in total. The molecular weight excluding hydrogens is 242 g/mol. The van der Waals surface area contributed by atoms with Gasteiger partial charge in [-0.1, -0.05) is 38.3 Å². The molecule has 0 saturated heterocycles. The van der Waals surface area contributed by atoms with E-state index in [-0.39, 0.29) is 6.61 Å². The zero-order valence-electron chi connectivity index (χ0n) is 12.0. The minimum absolute atomic E-state index is 0.182. The Morgan fingerprint density at radius 2 is 2.05 bits per heavy atom. The summed E-state index contributed by atoms with van der Waals surface area (Å²) in [5.74, 6) is 1.73. The second-order valence-electron chi connectivity index (χ2n) is 5.69. The first-order valence-electron chi connectivity index (χ1n) is 7.38. The lowest BCUT2D eigenvalue weighted by atomic mass is 9.94. The van der Waals surface area contributed by atoms with Gasteiger partial charge in [0.25, 0.3) is 0 Å². The molecule has 0 aliphatic heterocycles. The average Bonchev–Trinajstić information content (AvgIpc) is 2.88. The van der Waals surface area contributed by atoms with Gasteiger partial charge in [-0.25, -0.2) is 0 Å². The first kappa shape index (κ1) is 14.5. The highest BCUT2D eigenvalue weighted by atomic mass is 16.5. The molecule has 0 amide bonds. The van der Waals surface area contributed by atoms with Gasteiger partial charge in [-0.05, 0) is 12.8 Å². The molecule has 0 aromatic carbocycles. The lowest BCUT2D eigenvalue weighted by Gasteiger charge is -2.32. The summed E-state index contributed by atoms with van der Waals surface area (Å²) in [5.41, 5.74) is 0. The number of aromatic nitrogens is 2. The van der Waals surface area contributed by atoms with Crippen LogP contribution in [0.3, 0.4) is 0 Å². The van der Waals surface area contributed by atoms with E-state index in [1.807, 2.05) is 0 Å². The highest BCUT2D eigenvalue weighted by Gasteiger charge is 2.23. The second kappa shape index (κ2) is 7.01. The Hall–Kier alpha value is -0.940. The number of aliphatic hydroxyl groups is 1. The number of hydrogen-bond acceptors (Lipinski definition) is 5. The zero-order valence-corrected chi connectivity index (χ0v) is 12.0. The Balaban J connectivity index is 1.98. The normalized spacial score (nSPS) is 17.5. The van der Waals surface area contributed by atoms with Crippen LogP contribution in [0.15, 0.2) is 4.52 Å². The Morgan fingerprint density at radius 3 is 2.63 bits per heavy atom. The summed E-state index contributed by atoms with van der Waals surface area (Å²) in [6.07, 6.45) is 6.33. The summed E-state index contributed by atoms with van der Waals surface area (Å²) < 4.78 is 5.31. The fourth-order valence-electron chi connectivity index (χ4n) is 2.71. The Kier molecular flexibility index (Phi) is 5.34. The van der Waals surface area contributed by atoms with E-state index in [0.717, 1.165) is 5.82 Å². The van der Waals surface area contributed by atoms with Crippen molar-refractivity contribution in [2.24, 2.45) is 0 Å². The quantitative estimate of drug-likeness (QED) is 0.857. The van der Waals surface area contributed by atoms with Crippen molar-refractivity contribution in [3.8, 4) is 0 Å². The van der Waals surface area contributed by atoms with Crippen LogP contribution in [0.1, 0.15) is 63.6 Å². The van der Waals surface area contributed by atoms with Crippen molar-refractivity contribution in [2.75, 3.05) is 13.2 Å². The lowest BCUT2D eigenvalue weighted by Crippen LogP contribution is -2.38. The molecule has 0 unspecified atom stereocenters. The van der Waals surface area contributed by atoms with E-state index in [0.29, 0.717) is 30.9 Å². The van der Waals surface area contributed by atoms with Crippen LogP contribution in [-0.2, 0) is 6.54 Å². The molecule has 1 aliphatic carbocycles. The van der Waals surface area contributed by atoms with Gasteiger partial charge in [-0.15, -0.1) is 0 Å². The van der Waals surface area contributed by atoms with Gasteiger partial charge in [0.05, 0.1) is 13.2 Å². The summed E-state index contributed by atoms with van der Waals surface area (Å²) in [7, 11) is 0. The Bertz CT molecular complexity index is 373. The molecular formula is C14H25N3O2. The largest absolute Gasteiger partial charge is 0.395 e. The molecule has 1 aliphatic rings. The van der Waals surface area contributed by atoms with Crippen molar-refractivity contribution in [1.82, 2.24) is 15.0 Å². The van der Waals surface area contributed by atoms with Crippen molar-refractivity contribution >= 4 is 0 Å². The molecule has 5 nitrogen and oxygen atoms in total. The third kappa shape index (κ3) is 4.01. The molecule has 0 spiro atoms. The lowest BCUT2D eigenvalue weighted by molar-refractivity contribution is 0.105. The fraction of sp³-hybridized carbons (Fsp3) is 0.857. The van der Waals surface area contributed by atoms with Crippen LogP contribution in [0.25, 0.3) is 0 Å². The molecule has 0 radical (unpaired) electrons. The first-order chi connectivity index (χ1) is 9.20. The van der Waals surface area contributed by atoms with Gasteiger partial charge in [0.2, 0.25) is 5.89 Å². The van der Waals surface area contributed by atoms with Crippen LogP contribution >= 0.6 is 0 Å². The molecule has 2 rings (SSSR count). The molecule has 1 fully saturated rings.